The van der Waals surface area contributed by atoms with Crippen LogP contribution in [0.25, 0.3) is 0 Å². The van der Waals surface area contributed by atoms with E-state index >= 15 is 0 Å². The maximum absolute atomic E-state index is 9.60. The lowest BCUT2D eigenvalue weighted by atomic mass is 10.4. The number of carboxylic acid groups (broad SMARTS) is 3. The van der Waals surface area contributed by atoms with Crippen LogP contribution in [0, 0.1) is 0 Å². The summed E-state index contributed by atoms with van der Waals surface area (Å²) < 4.78 is 0. The monoisotopic (exact) mass is 167 g/mol. The minimum absolute atomic E-state index is 0. The Bertz CT molecular complexity index is 109. The molecule has 0 saturated carbocycles. The topological polar surface area (TPSA) is 130 Å². The second-order valence-corrected chi connectivity index (χ2v) is 1.43. The minimum Gasteiger partial charge on any atom is -0.481 e. The quantitative estimate of drug-likeness (QED) is 0.489. The van der Waals surface area contributed by atoms with Crippen LogP contribution in [-0.4, -0.2) is 27.4 Å². The first-order valence-electron chi connectivity index (χ1n) is 2.64. The van der Waals surface area contributed by atoms with Crippen LogP contribution >= 0.6 is 0 Å². The summed E-state index contributed by atoms with van der Waals surface area (Å²) in [7, 11) is 0. The van der Waals surface area contributed by atoms with Crippen LogP contribution < -0.4 is 6.15 Å². The van der Waals surface area contributed by atoms with Gasteiger partial charge in [0, 0.05) is 6.42 Å². The van der Waals surface area contributed by atoms with Gasteiger partial charge < -0.3 is 21.5 Å². The van der Waals surface area contributed by atoms with Gasteiger partial charge in [-0.1, -0.05) is 6.92 Å². The highest BCUT2D eigenvalue weighted by atomic mass is 16.6. The van der Waals surface area contributed by atoms with Crippen molar-refractivity contribution < 1.29 is 24.9 Å². The van der Waals surface area contributed by atoms with E-state index < -0.39 is 12.1 Å². The van der Waals surface area contributed by atoms with E-state index in [1.165, 1.54) is 0 Å². The fraction of sp³-hybridized carbons (Fsp3) is 0.600. The van der Waals surface area contributed by atoms with E-state index in [9.17, 15) is 4.79 Å². The zero-order chi connectivity index (χ0) is 8.57. The fourth-order valence-electron chi connectivity index (χ4n) is 0.214. The number of hydrogen-bond donors (Lipinski definition) is 4. The van der Waals surface area contributed by atoms with Gasteiger partial charge in [-0.2, -0.15) is 0 Å². The van der Waals surface area contributed by atoms with Gasteiger partial charge in [0.1, 0.15) is 0 Å². The van der Waals surface area contributed by atoms with Gasteiger partial charge in [-0.25, -0.2) is 4.79 Å². The van der Waals surface area contributed by atoms with Gasteiger partial charge in [0.15, 0.2) is 0 Å². The van der Waals surface area contributed by atoms with Crippen molar-refractivity contribution in [3.8, 4) is 0 Å². The molecular formula is C5H13NO5. The van der Waals surface area contributed by atoms with Crippen LogP contribution in [0.5, 0.6) is 0 Å². The smallest absolute Gasteiger partial charge is 0.481 e. The van der Waals surface area contributed by atoms with Gasteiger partial charge in [0.05, 0.1) is 0 Å². The predicted molar refractivity (Wildman–Crippen MR) is 38.2 cm³/mol. The van der Waals surface area contributed by atoms with Crippen LogP contribution in [0.4, 0.5) is 4.79 Å². The molecular weight excluding hydrogens is 154 g/mol. The summed E-state index contributed by atoms with van der Waals surface area (Å²) >= 11 is 0. The Kier molecular flexibility index (Phi) is 17.1. The Balaban J connectivity index is -0.000000114. The van der Waals surface area contributed by atoms with Gasteiger partial charge in [0.2, 0.25) is 0 Å². The second-order valence-electron chi connectivity index (χ2n) is 1.43. The van der Waals surface area contributed by atoms with E-state index in [2.05, 4.69) is 0 Å². The number of carboxylic acids is 1. The molecule has 68 valence electrons. The van der Waals surface area contributed by atoms with Crippen LogP contribution in [0.2, 0.25) is 0 Å². The summed E-state index contributed by atoms with van der Waals surface area (Å²) in [5, 5.41) is 21.9. The van der Waals surface area contributed by atoms with Crippen molar-refractivity contribution in [3.05, 3.63) is 0 Å². The number of rotatable bonds is 2. The summed E-state index contributed by atoms with van der Waals surface area (Å²) in [5.74, 6) is -0.711. The minimum atomic E-state index is -1.83. The Morgan fingerprint density at radius 2 is 1.45 bits per heavy atom. The molecule has 0 aromatic carbocycles. The zero-order valence-electron chi connectivity index (χ0n) is 6.28. The third-order valence-corrected chi connectivity index (χ3v) is 0.464. The summed E-state index contributed by atoms with van der Waals surface area (Å²) in [4.78, 5) is 18.2. The maximum Gasteiger partial charge on any atom is 0.503 e. The van der Waals surface area contributed by atoms with Crippen molar-refractivity contribution in [1.82, 2.24) is 6.15 Å². The molecule has 0 saturated heterocycles. The second kappa shape index (κ2) is 11.5. The van der Waals surface area contributed by atoms with E-state index in [0.717, 1.165) is 6.42 Å². The molecule has 0 atom stereocenters. The number of aliphatic carboxylic acids is 1. The van der Waals surface area contributed by atoms with Crippen molar-refractivity contribution >= 4 is 12.1 Å². The molecule has 11 heavy (non-hydrogen) atoms. The molecule has 6 nitrogen and oxygen atoms in total. The molecule has 0 fully saturated rings. The Labute approximate surface area is 64.0 Å². The summed E-state index contributed by atoms with van der Waals surface area (Å²) in [6.07, 6.45) is -0.810. The number of hydrogen-bond acceptors (Lipinski definition) is 3. The summed E-state index contributed by atoms with van der Waals surface area (Å²) in [6.45, 7) is 1.84. The lowest BCUT2D eigenvalue weighted by molar-refractivity contribution is -0.137. The maximum atomic E-state index is 9.60. The van der Waals surface area contributed by atoms with Crippen LogP contribution in [0.3, 0.4) is 0 Å². The molecule has 0 bridgehead atoms. The van der Waals surface area contributed by atoms with Crippen molar-refractivity contribution in [3.63, 3.8) is 0 Å². The Hall–Kier alpha value is -1.30. The lowest BCUT2D eigenvalue weighted by Crippen LogP contribution is -1.90. The zero-order valence-corrected chi connectivity index (χ0v) is 6.28. The third-order valence-electron chi connectivity index (χ3n) is 0.464. The van der Waals surface area contributed by atoms with E-state index in [0.29, 0.717) is 6.42 Å². The first kappa shape index (κ1) is 16.4. The van der Waals surface area contributed by atoms with E-state index in [-0.39, 0.29) is 6.15 Å². The molecule has 6 heteroatoms. The van der Waals surface area contributed by atoms with Gasteiger partial charge in [-0.3, -0.25) is 4.79 Å². The highest BCUT2D eigenvalue weighted by molar-refractivity contribution is 5.66. The van der Waals surface area contributed by atoms with Crippen LogP contribution in [0.1, 0.15) is 19.8 Å². The van der Waals surface area contributed by atoms with Crippen LogP contribution in [0.15, 0.2) is 0 Å². The Morgan fingerprint density at radius 3 is 1.45 bits per heavy atom. The molecule has 0 aliphatic carbocycles. The number of carbonyl (C=O) groups is 2. The third kappa shape index (κ3) is 135. The SMILES string of the molecule is CCCC(=O)O.N.O=C(O)O. The van der Waals surface area contributed by atoms with E-state index in [1.807, 2.05) is 6.92 Å². The molecule has 0 aliphatic rings. The van der Waals surface area contributed by atoms with Crippen molar-refractivity contribution in [2.45, 2.75) is 19.8 Å². The van der Waals surface area contributed by atoms with Crippen LogP contribution in [-0.2, 0) is 4.79 Å². The highest BCUT2D eigenvalue weighted by Gasteiger charge is 1.87. The Morgan fingerprint density at radius 1 is 1.18 bits per heavy atom. The molecule has 0 aromatic rings. The lowest BCUT2D eigenvalue weighted by Gasteiger charge is -1.79. The predicted octanol–water partition coefficient (Wildman–Crippen LogP) is 1.26. The van der Waals surface area contributed by atoms with Gasteiger partial charge in [-0.05, 0) is 6.42 Å². The highest BCUT2D eigenvalue weighted by Crippen LogP contribution is 1.82. The molecule has 0 rings (SSSR count). The van der Waals surface area contributed by atoms with Crippen molar-refractivity contribution in [1.29, 1.82) is 0 Å². The molecule has 0 aromatic heterocycles. The molecule has 0 amide bonds. The summed E-state index contributed by atoms with van der Waals surface area (Å²) in [6, 6.07) is 0. The standard InChI is InChI=1S/C4H8O2.CH2O3.H3N/c1-2-3-4(5)6;2-1(3)4;/h2-3H2,1H3,(H,5,6);(H2,2,3,4);1H3. The van der Waals surface area contributed by atoms with Gasteiger partial charge >= 0.3 is 12.1 Å². The average molecular weight is 167 g/mol. The fourth-order valence-corrected chi connectivity index (χ4v) is 0.214. The molecule has 0 heterocycles. The van der Waals surface area contributed by atoms with Crippen molar-refractivity contribution in [2.24, 2.45) is 0 Å². The summed E-state index contributed by atoms with van der Waals surface area (Å²) in [5.41, 5.74) is 0. The molecule has 0 spiro atoms. The normalized spacial score (nSPS) is 6.64. The first-order chi connectivity index (χ1) is 4.50. The van der Waals surface area contributed by atoms with E-state index in [4.69, 9.17) is 20.1 Å². The average Bonchev–Trinajstić information content (AvgIpc) is 1.62. The first-order valence-corrected chi connectivity index (χ1v) is 2.64. The molecule has 6 N–H and O–H groups in total. The van der Waals surface area contributed by atoms with Gasteiger partial charge in [-0.15, -0.1) is 0 Å². The van der Waals surface area contributed by atoms with E-state index in [1.54, 1.807) is 0 Å². The van der Waals surface area contributed by atoms with Crippen molar-refractivity contribution in [2.75, 3.05) is 0 Å². The van der Waals surface area contributed by atoms with Gasteiger partial charge in [0.25, 0.3) is 0 Å². The molecule has 0 radical (unpaired) electrons. The largest absolute Gasteiger partial charge is 0.503 e. The molecule has 0 aliphatic heterocycles. The molecule has 0 unspecified atom stereocenters.